The summed E-state index contributed by atoms with van der Waals surface area (Å²) < 4.78 is 13.2. The van der Waals surface area contributed by atoms with Gasteiger partial charge in [0, 0.05) is 12.1 Å². The minimum absolute atomic E-state index is 0.168. The van der Waals surface area contributed by atoms with Crippen LogP contribution in [0.2, 0.25) is 0 Å². The topological polar surface area (TPSA) is 29.1 Å². The summed E-state index contributed by atoms with van der Waals surface area (Å²) >= 11 is 0. The molecule has 0 saturated carbocycles. The number of hydrogen-bond acceptors (Lipinski definition) is 1. The van der Waals surface area contributed by atoms with E-state index in [4.69, 9.17) is 0 Å². The summed E-state index contributed by atoms with van der Waals surface area (Å²) in [6.07, 6.45) is 1.62. The van der Waals surface area contributed by atoms with E-state index in [0.29, 0.717) is 12.1 Å². The van der Waals surface area contributed by atoms with Crippen molar-refractivity contribution >= 4 is 5.91 Å². The van der Waals surface area contributed by atoms with E-state index in [9.17, 15) is 9.18 Å². The Morgan fingerprint density at radius 2 is 1.84 bits per heavy atom. The second-order valence-electron chi connectivity index (χ2n) is 4.09. The minimum atomic E-state index is -0.293. The quantitative estimate of drug-likeness (QED) is 0.833. The van der Waals surface area contributed by atoms with Gasteiger partial charge in [0.1, 0.15) is 5.82 Å². The van der Waals surface area contributed by atoms with Crippen LogP contribution >= 0.6 is 0 Å². The van der Waals surface area contributed by atoms with Gasteiger partial charge in [0.25, 0.3) is 5.91 Å². The standard InChI is InChI=1S/C16H14FNO/c1-2-9-18-16(19)14-7-3-5-12(10-14)13-6-4-8-15(17)11-13/h2-8,10-11H,1,9H2,(H,18,19). The molecule has 3 heteroatoms. The van der Waals surface area contributed by atoms with E-state index in [0.717, 1.165) is 11.1 Å². The number of amides is 1. The van der Waals surface area contributed by atoms with Gasteiger partial charge < -0.3 is 5.32 Å². The zero-order valence-corrected chi connectivity index (χ0v) is 10.4. The van der Waals surface area contributed by atoms with Crippen LogP contribution in [0.15, 0.2) is 61.2 Å². The average molecular weight is 255 g/mol. The van der Waals surface area contributed by atoms with Crippen molar-refractivity contribution in [3.8, 4) is 11.1 Å². The first-order chi connectivity index (χ1) is 9.20. The first-order valence-electron chi connectivity index (χ1n) is 5.96. The molecule has 0 aliphatic rings. The zero-order valence-electron chi connectivity index (χ0n) is 10.4. The molecule has 0 spiro atoms. The van der Waals surface area contributed by atoms with Crippen LogP contribution in [0.5, 0.6) is 0 Å². The molecular formula is C16H14FNO. The van der Waals surface area contributed by atoms with E-state index in [1.54, 1.807) is 30.3 Å². The van der Waals surface area contributed by atoms with Gasteiger partial charge in [-0.2, -0.15) is 0 Å². The Morgan fingerprint density at radius 3 is 2.53 bits per heavy atom. The summed E-state index contributed by atoms with van der Waals surface area (Å²) in [6.45, 7) is 3.96. The van der Waals surface area contributed by atoms with Crippen molar-refractivity contribution in [2.45, 2.75) is 0 Å². The summed E-state index contributed by atoms with van der Waals surface area (Å²) in [7, 11) is 0. The third-order valence-corrected chi connectivity index (χ3v) is 2.69. The SMILES string of the molecule is C=CCNC(=O)c1cccc(-c2cccc(F)c2)c1. The van der Waals surface area contributed by atoms with Crippen molar-refractivity contribution in [3.63, 3.8) is 0 Å². The second kappa shape index (κ2) is 5.96. The van der Waals surface area contributed by atoms with E-state index >= 15 is 0 Å². The molecule has 0 aliphatic heterocycles. The molecule has 0 aromatic heterocycles. The van der Waals surface area contributed by atoms with Crippen molar-refractivity contribution < 1.29 is 9.18 Å². The molecule has 1 N–H and O–H groups in total. The fourth-order valence-electron chi connectivity index (χ4n) is 1.77. The summed E-state index contributed by atoms with van der Waals surface area (Å²) in [5.41, 5.74) is 2.10. The highest BCUT2D eigenvalue weighted by atomic mass is 19.1. The molecule has 0 fully saturated rings. The second-order valence-corrected chi connectivity index (χ2v) is 4.09. The smallest absolute Gasteiger partial charge is 0.251 e. The number of carbonyl (C=O) groups is 1. The van der Waals surface area contributed by atoms with Gasteiger partial charge in [-0.15, -0.1) is 6.58 Å². The molecule has 96 valence electrons. The molecule has 19 heavy (non-hydrogen) atoms. The Morgan fingerprint density at radius 1 is 1.16 bits per heavy atom. The number of nitrogens with one attached hydrogen (secondary N) is 1. The summed E-state index contributed by atoms with van der Waals surface area (Å²) in [5, 5.41) is 2.71. The van der Waals surface area contributed by atoms with Crippen LogP contribution < -0.4 is 5.32 Å². The van der Waals surface area contributed by atoms with Crippen LogP contribution in [0, 0.1) is 5.82 Å². The van der Waals surface area contributed by atoms with Gasteiger partial charge in [-0.1, -0.05) is 30.3 Å². The van der Waals surface area contributed by atoms with Crippen molar-refractivity contribution in [2.75, 3.05) is 6.54 Å². The Labute approximate surface area is 111 Å². The maximum atomic E-state index is 13.2. The first-order valence-corrected chi connectivity index (χ1v) is 5.96. The molecule has 2 aromatic rings. The highest BCUT2D eigenvalue weighted by Gasteiger charge is 2.06. The normalized spacial score (nSPS) is 9.95. The minimum Gasteiger partial charge on any atom is -0.349 e. The number of hydrogen-bond donors (Lipinski definition) is 1. The predicted molar refractivity (Wildman–Crippen MR) is 74.4 cm³/mol. The van der Waals surface area contributed by atoms with Crippen LogP contribution in [0.3, 0.4) is 0 Å². The van der Waals surface area contributed by atoms with Gasteiger partial charge >= 0.3 is 0 Å². The molecular weight excluding hydrogens is 241 g/mol. The Balaban J connectivity index is 2.29. The van der Waals surface area contributed by atoms with Crippen LogP contribution in [0.25, 0.3) is 11.1 Å². The lowest BCUT2D eigenvalue weighted by molar-refractivity contribution is 0.0958. The van der Waals surface area contributed by atoms with E-state index in [-0.39, 0.29) is 11.7 Å². The summed E-state index contributed by atoms with van der Waals surface area (Å²) in [4.78, 5) is 11.8. The number of carbonyl (C=O) groups excluding carboxylic acids is 1. The lowest BCUT2D eigenvalue weighted by Gasteiger charge is -2.06. The van der Waals surface area contributed by atoms with Gasteiger partial charge in [-0.25, -0.2) is 4.39 Å². The van der Waals surface area contributed by atoms with Gasteiger partial charge in [0.05, 0.1) is 0 Å². The van der Waals surface area contributed by atoms with Gasteiger partial charge in [-0.05, 0) is 35.4 Å². The number of benzene rings is 2. The summed E-state index contributed by atoms with van der Waals surface area (Å²) in [5.74, 6) is -0.461. The molecule has 0 aliphatic carbocycles. The molecule has 2 rings (SSSR count). The van der Waals surface area contributed by atoms with Gasteiger partial charge in [-0.3, -0.25) is 4.79 Å². The lowest BCUT2D eigenvalue weighted by atomic mass is 10.0. The molecule has 0 atom stereocenters. The van der Waals surface area contributed by atoms with Crippen LogP contribution in [0.1, 0.15) is 10.4 Å². The maximum absolute atomic E-state index is 13.2. The van der Waals surface area contributed by atoms with E-state index in [1.807, 2.05) is 12.1 Å². The van der Waals surface area contributed by atoms with Crippen LogP contribution in [-0.2, 0) is 0 Å². The first kappa shape index (κ1) is 13.0. The van der Waals surface area contributed by atoms with Crippen molar-refractivity contribution in [3.05, 3.63) is 72.6 Å². The molecule has 0 saturated heterocycles. The molecule has 0 unspecified atom stereocenters. The lowest BCUT2D eigenvalue weighted by Crippen LogP contribution is -2.23. The van der Waals surface area contributed by atoms with E-state index in [1.165, 1.54) is 12.1 Å². The number of rotatable bonds is 4. The third kappa shape index (κ3) is 3.28. The number of halogens is 1. The monoisotopic (exact) mass is 255 g/mol. The fourth-order valence-corrected chi connectivity index (χ4v) is 1.77. The highest BCUT2D eigenvalue weighted by molar-refractivity contribution is 5.95. The Hall–Kier alpha value is -2.42. The van der Waals surface area contributed by atoms with E-state index in [2.05, 4.69) is 11.9 Å². The molecule has 2 aromatic carbocycles. The van der Waals surface area contributed by atoms with Gasteiger partial charge in [0.2, 0.25) is 0 Å². The molecule has 0 bridgehead atoms. The Kier molecular flexibility index (Phi) is 4.08. The largest absolute Gasteiger partial charge is 0.349 e. The average Bonchev–Trinajstić information content (AvgIpc) is 2.45. The molecule has 1 amide bonds. The maximum Gasteiger partial charge on any atom is 0.251 e. The zero-order chi connectivity index (χ0) is 13.7. The fraction of sp³-hybridized carbons (Fsp3) is 0.0625. The third-order valence-electron chi connectivity index (χ3n) is 2.69. The highest BCUT2D eigenvalue weighted by Crippen LogP contribution is 2.21. The van der Waals surface area contributed by atoms with Crippen molar-refractivity contribution in [2.24, 2.45) is 0 Å². The Bertz CT molecular complexity index is 607. The molecule has 0 radical (unpaired) electrons. The van der Waals surface area contributed by atoms with Crippen molar-refractivity contribution in [1.82, 2.24) is 5.32 Å². The predicted octanol–water partition coefficient (Wildman–Crippen LogP) is 3.41. The van der Waals surface area contributed by atoms with Crippen molar-refractivity contribution in [1.29, 1.82) is 0 Å². The molecule has 2 nitrogen and oxygen atoms in total. The summed E-state index contributed by atoms with van der Waals surface area (Å²) in [6, 6.07) is 13.4. The van der Waals surface area contributed by atoms with E-state index < -0.39 is 0 Å². The van der Waals surface area contributed by atoms with Gasteiger partial charge in [0.15, 0.2) is 0 Å². The van der Waals surface area contributed by atoms with Crippen LogP contribution in [0.4, 0.5) is 4.39 Å². The molecule has 0 heterocycles. The van der Waals surface area contributed by atoms with Crippen LogP contribution in [-0.4, -0.2) is 12.5 Å².